The zero-order valence-corrected chi connectivity index (χ0v) is 22.8. The standard InChI is InChI=1S/C25H23BClN3O7S2/c27-21-10-11-23-19(14-21)15-25(30(23)38(34,35)22-4-2-1-3-5-22)39(36,37)29-13-12-28(24(31)17-29)16-18-6-8-20(9-7-18)26(32)33/h1-11,14-15,32-33H,12-13,16-17H2. The van der Waals surface area contributed by atoms with Gasteiger partial charge in [-0.3, -0.25) is 4.79 Å². The minimum Gasteiger partial charge on any atom is -0.423 e. The molecule has 202 valence electrons. The number of nitrogens with zero attached hydrogens (tertiary/aromatic N) is 3. The first-order valence-corrected chi connectivity index (χ1v) is 15.1. The Bertz CT molecular complexity index is 1760. The maximum Gasteiger partial charge on any atom is 0.488 e. The van der Waals surface area contributed by atoms with Crippen LogP contribution < -0.4 is 5.46 Å². The van der Waals surface area contributed by atoms with E-state index in [9.17, 15) is 31.7 Å². The van der Waals surface area contributed by atoms with Gasteiger partial charge in [-0.2, -0.15) is 4.31 Å². The molecule has 4 aromatic rings. The summed E-state index contributed by atoms with van der Waals surface area (Å²) in [6.07, 6.45) is 0. The molecule has 1 aliphatic heterocycles. The number of hydrogen-bond acceptors (Lipinski definition) is 7. The molecule has 0 spiro atoms. The van der Waals surface area contributed by atoms with Gasteiger partial charge in [-0.15, -0.1) is 0 Å². The molecule has 1 fully saturated rings. The van der Waals surface area contributed by atoms with Crippen molar-refractivity contribution in [2.24, 2.45) is 0 Å². The van der Waals surface area contributed by atoms with Crippen LogP contribution in [-0.4, -0.2) is 72.7 Å². The summed E-state index contributed by atoms with van der Waals surface area (Å²) in [5.74, 6) is -0.451. The van der Waals surface area contributed by atoms with Crippen molar-refractivity contribution in [3.05, 3.63) is 89.4 Å². The lowest BCUT2D eigenvalue weighted by Crippen LogP contribution is -2.52. The fourth-order valence-electron chi connectivity index (χ4n) is 4.47. The maximum atomic E-state index is 13.8. The third-order valence-electron chi connectivity index (χ3n) is 6.51. The number of benzene rings is 3. The number of amides is 1. The van der Waals surface area contributed by atoms with Gasteiger partial charge < -0.3 is 14.9 Å². The Morgan fingerprint density at radius 1 is 0.846 bits per heavy atom. The number of piperazine rings is 1. The second-order valence-corrected chi connectivity index (χ2v) is 13.1. The van der Waals surface area contributed by atoms with Crippen LogP contribution in [0, 0.1) is 0 Å². The molecule has 1 aliphatic rings. The molecular weight excluding hydrogens is 565 g/mol. The number of carbonyl (C=O) groups excluding carboxylic acids is 1. The SMILES string of the molecule is O=C1CN(S(=O)(=O)c2cc3cc(Cl)ccc3n2S(=O)(=O)c2ccccc2)CCN1Cc1ccc(B(O)O)cc1. The summed E-state index contributed by atoms with van der Waals surface area (Å²) < 4.78 is 56.8. The molecule has 1 amide bonds. The lowest BCUT2D eigenvalue weighted by Gasteiger charge is -2.33. The van der Waals surface area contributed by atoms with Crippen LogP contribution in [0.2, 0.25) is 5.02 Å². The van der Waals surface area contributed by atoms with E-state index in [0.717, 1.165) is 13.8 Å². The number of carbonyl (C=O) groups is 1. The highest BCUT2D eigenvalue weighted by Gasteiger charge is 2.37. The number of rotatable bonds is 7. The molecule has 3 aromatic carbocycles. The van der Waals surface area contributed by atoms with Gasteiger partial charge in [0.05, 0.1) is 17.0 Å². The second-order valence-electron chi connectivity index (χ2n) is 9.04. The number of sulfonamides is 1. The molecule has 10 nitrogen and oxygen atoms in total. The van der Waals surface area contributed by atoms with Crippen molar-refractivity contribution in [1.82, 2.24) is 13.2 Å². The molecule has 0 aliphatic carbocycles. The van der Waals surface area contributed by atoms with Gasteiger partial charge in [0, 0.05) is 30.0 Å². The van der Waals surface area contributed by atoms with E-state index in [1.807, 2.05) is 0 Å². The largest absolute Gasteiger partial charge is 0.488 e. The summed E-state index contributed by atoms with van der Waals surface area (Å²) >= 11 is 6.11. The zero-order chi connectivity index (χ0) is 27.9. The summed E-state index contributed by atoms with van der Waals surface area (Å²) in [7, 11) is -10.4. The first kappa shape index (κ1) is 27.4. The summed E-state index contributed by atoms with van der Waals surface area (Å²) in [5, 5.41) is 18.7. The molecule has 0 saturated carbocycles. The van der Waals surface area contributed by atoms with Crippen LogP contribution in [0.1, 0.15) is 5.56 Å². The van der Waals surface area contributed by atoms with E-state index in [2.05, 4.69) is 0 Å². The van der Waals surface area contributed by atoms with Gasteiger partial charge in [-0.05, 0) is 47.4 Å². The van der Waals surface area contributed by atoms with E-state index in [-0.39, 0.29) is 30.0 Å². The Labute approximate surface area is 230 Å². The van der Waals surface area contributed by atoms with Crippen molar-refractivity contribution in [1.29, 1.82) is 0 Å². The molecule has 2 heterocycles. The van der Waals surface area contributed by atoms with E-state index < -0.39 is 44.6 Å². The average Bonchev–Trinajstić information content (AvgIpc) is 3.31. The fourth-order valence-corrected chi connectivity index (χ4v) is 8.10. The molecule has 0 radical (unpaired) electrons. The Balaban J connectivity index is 1.47. The predicted molar refractivity (Wildman–Crippen MR) is 146 cm³/mol. The van der Waals surface area contributed by atoms with Crippen LogP contribution in [0.5, 0.6) is 0 Å². The van der Waals surface area contributed by atoms with Crippen molar-refractivity contribution in [2.45, 2.75) is 16.5 Å². The Kier molecular flexibility index (Phi) is 7.31. The van der Waals surface area contributed by atoms with E-state index in [4.69, 9.17) is 11.6 Å². The van der Waals surface area contributed by atoms with Gasteiger partial charge in [0.25, 0.3) is 20.0 Å². The minimum atomic E-state index is -4.43. The average molecular weight is 588 g/mol. The first-order chi connectivity index (χ1) is 18.5. The Morgan fingerprint density at radius 3 is 2.18 bits per heavy atom. The number of fused-ring (bicyclic) bond motifs is 1. The topological polar surface area (TPSA) is 137 Å². The summed E-state index contributed by atoms with van der Waals surface area (Å²) in [6, 6.07) is 19.5. The lowest BCUT2D eigenvalue weighted by molar-refractivity contribution is -0.134. The van der Waals surface area contributed by atoms with Crippen molar-refractivity contribution < 1.29 is 31.7 Å². The number of hydrogen-bond donors (Lipinski definition) is 2. The van der Waals surface area contributed by atoms with E-state index in [1.165, 1.54) is 53.4 Å². The Hall–Kier alpha value is -3.20. The minimum absolute atomic E-state index is 0.0465. The third kappa shape index (κ3) is 5.21. The van der Waals surface area contributed by atoms with Crippen LogP contribution in [-0.2, 0) is 31.4 Å². The molecule has 0 atom stereocenters. The number of aromatic nitrogens is 1. The van der Waals surface area contributed by atoms with Crippen molar-refractivity contribution in [3.8, 4) is 0 Å². The van der Waals surface area contributed by atoms with Gasteiger partial charge in [0.2, 0.25) is 5.91 Å². The highest BCUT2D eigenvalue weighted by Crippen LogP contribution is 2.32. The quantitative estimate of drug-likeness (QED) is 0.311. The van der Waals surface area contributed by atoms with Gasteiger partial charge in [-0.25, -0.2) is 20.8 Å². The van der Waals surface area contributed by atoms with Gasteiger partial charge in [-0.1, -0.05) is 54.1 Å². The predicted octanol–water partition coefficient (Wildman–Crippen LogP) is 1.24. The van der Waals surface area contributed by atoms with Crippen LogP contribution in [0.25, 0.3) is 10.9 Å². The summed E-state index contributed by atoms with van der Waals surface area (Å²) in [4.78, 5) is 14.4. The van der Waals surface area contributed by atoms with Crippen LogP contribution in [0.4, 0.5) is 0 Å². The van der Waals surface area contributed by atoms with Crippen molar-refractivity contribution in [3.63, 3.8) is 0 Å². The highest BCUT2D eigenvalue weighted by atomic mass is 35.5. The number of halogens is 1. The van der Waals surface area contributed by atoms with E-state index in [1.54, 1.807) is 30.3 Å². The first-order valence-electron chi connectivity index (χ1n) is 11.8. The summed E-state index contributed by atoms with van der Waals surface area (Å²) in [5.41, 5.74) is 1.18. The second kappa shape index (κ2) is 10.4. The monoisotopic (exact) mass is 587 g/mol. The fraction of sp³-hybridized carbons (Fsp3) is 0.160. The van der Waals surface area contributed by atoms with Gasteiger partial charge >= 0.3 is 7.12 Å². The van der Waals surface area contributed by atoms with E-state index in [0.29, 0.717) is 15.9 Å². The van der Waals surface area contributed by atoms with Crippen molar-refractivity contribution in [2.75, 3.05) is 19.6 Å². The van der Waals surface area contributed by atoms with E-state index >= 15 is 0 Å². The van der Waals surface area contributed by atoms with Gasteiger partial charge in [0.15, 0.2) is 5.03 Å². The van der Waals surface area contributed by atoms with Gasteiger partial charge in [0.1, 0.15) is 0 Å². The van der Waals surface area contributed by atoms with Crippen molar-refractivity contribution >= 4 is 61.0 Å². The molecule has 0 unspecified atom stereocenters. The van der Waals surface area contributed by atoms with Crippen LogP contribution in [0.15, 0.2) is 88.8 Å². The smallest absolute Gasteiger partial charge is 0.423 e. The Morgan fingerprint density at radius 2 is 1.54 bits per heavy atom. The zero-order valence-electron chi connectivity index (χ0n) is 20.4. The normalized spacial score (nSPS) is 15.2. The summed E-state index contributed by atoms with van der Waals surface area (Å²) in [6.45, 7) is -0.228. The van der Waals surface area contributed by atoms with Crippen LogP contribution >= 0.6 is 11.6 Å². The molecule has 0 bridgehead atoms. The molecule has 1 aromatic heterocycles. The lowest BCUT2D eigenvalue weighted by atomic mass is 9.80. The molecule has 14 heteroatoms. The molecule has 5 rings (SSSR count). The molecular formula is C25H23BClN3O7S2. The molecule has 39 heavy (non-hydrogen) atoms. The molecule has 2 N–H and O–H groups in total. The highest BCUT2D eigenvalue weighted by molar-refractivity contribution is 7.92. The van der Waals surface area contributed by atoms with Crippen LogP contribution in [0.3, 0.4) is 0 Å². The third-order valence-corrected chi connectivity index (χ3v) is 10.4. The maximum absolute atomic E-state index is 13.8. The molecule has 1 saturated heterocycles.